The van der Waals surface area contributed by atoms with Gasteiger partial charge in [0.2, 0.25) is 0 Å². The van der Waals surface area contributed by atoms with Gasteiger partial charge in [-0.15, -0.1) is 0 Å². The summed E-state index contributed by atoms with van der Waals surface area (Å²) in [7, 11) is 0. The van der Waals surface area contributed by atoms with E-state index in [0.29, 0.717) is 0 Å². The van der Waals surface area contributed by atoms with Crippen LogP contribution in [-0.4, -0.2) is 0 Å². The summed E-state index contributed by atoms with van der Waals surface area (Å²) in [6, 6.07) is 30.6. The van der Waals surface area contributed by atoms with E-state index in [1.807, 2.05) is 0 Å². The number of hydrogen-bond acceptors (Lipinski definition) is 0. The standard InChI is InChI=1S/C39H40/c1-24-28(5)38(34-17-13-10-14-18-34)29(6)25(2)36(24)23-37-26(3)30(7)39(31(8)27(37)4)35-21-19-33(20-22-35)32-15-11-9-12-16-32/h9-22H,23H2,1-8H3. The van der Waals surface area contributed by atoms with Crippen LogP contribution in [0, 0.1) is 55.4 Å². The van der Waals surface area contributed by atoms with Crippen molar-refractivity contribution in [2.75, 3.05) is 0 Å². The molecule has 196 valence electrons. The van der Waals surface area contributed by atoms with Crippen LogP contribution in [0.2, 0.25) is 0 Å². The molecule has 5 rings (SSSR count). The number of benzene rings is 5. The predicted octanol–water partition coefficient (Wildman–Crippen LogP) is 10.7. The molecule has 0 heterocycles. The average Bonchev–Trinajstić information content (AvgIpc) is 2.96. The van der Waals surface area contributed by atoms with Gasteiger partial charge < -0.3 is 0 Å². The fraction of sp³-hybridized carbons (Fsp3) is 0.231. The Morgan fingerprint density at radius 1 is 0.308 bits per heavy atom. The Hall–Kier alpha value is -3.90. The number of hydrogen-bond donors (Lipinski definition) is 0. The Kier molecular flexibility index (Phi) is 7.32. The molecule has 0 bridgehead atoms. The van der Waals surface area contributed by atoms with Gasteiger partial charge in [-0.1, -0.05) is 84.9 Å². The van der Waals surface area contributed by atoms with Crippen molar-refractivity contribution in [1.29, 1.82) is 0 Å². The van der Waals surface area contributed by atoms with Gasteiger partial charge in [0.15, 0.2) is 0 Å². The highest BCUT2D eigenvalue weighted by Gasteiger charge is 2.20. The van der Waals surface area contributed by atoms with Crippen molar-refractivity contribution in [2.45, 2.75) is 61.8 Å². The molecule has 0 spiro atoms. The third-order valence-corrected chi connectivity index (χ3v) is 9.26. The first-order valence-corrected chi connectivity index (χ1v) is 14.1. The highest BCUT2D eigenvalue weighted by Crippen LogP contribution is 2.39. The molecule has 0 unspecified atom stereocenters. The van der Waals surface area contributed by atoms with Gasteiger partial charge in [0.1, 0.15) is 0 Å². The van der Waals surface area contributed by atoms with E-state index in [1.165, 1.54) is 89.0 Å². The van der Waals surface area contributed by atoms with Crippen molar-refractivity contribution in [2.24, 2.45) is 0 Å². The van der Waals surface area contributed by atoms with Crippen LogP contribution in [0.5, 0.6) is 0 Å². The van der Waals surface area contributed by atoms with E-state index in [2.05, 4.69) is 140 Å². The summed E-state index contributed by atoms with van der Waals surface area (Å²) in [5.41, 5.74) is 22.1. The first kappa shape index (κ1) is 26.7. The monoisotopic (exact) mass is 508 g/mol. The van der Waals surface area contributed by atoms with Gasteiger partial charge in [0.05, 0.1) is 0 Å². The maximum absolute atomic E-state index is 2.32. The largest absolute Gasteiger partial charge is 0.0622 e. The molecule has 0 atom stereocenters. The smallest absolute Gasteiger partial charge is 0.00149 e. The normalized spacial score (nSPS) is 11.2. The predicted molar refractivity (Wildman–Crippen MR) is 170 cm³/mol. The maximum Gasteiger partial charge on any atom is -0.00149 e. The second-order valence-electron chi connectivity index (χ2n) is 11.2. The summed E-state index contributed by atoms with van der Waals surface area (Å²) < 4.78 is 0. The van der Waals surface area contributed by atoms with Gasteiger partial charge in [0.25, 0.3) is 0 Å². The molecule has 0 aliphatic rings. The highest BCUT2D eigenvalue weighted by atomic mass is 14.2. The third-order valence-electron chi connectivity index (χ3n) is 9.26. The molecule has 0 aliphatic carbocycles. The van der Waals surface area contributed by atoms with E-state index in [0.717, 1.165) is 6.42 Å². The van der Waals surface area contributed by atoms with Crippen molar-refractivity contribution in [1.82, 2.24) is 0 Å². The quantitative estimate of drug-likeness (QED) is 0.221. The Morgan fingerprint density at radius 2 is 0.590 bits per heavy atom. The second kappa shape index (κ2) is 10.7. The van der Waals surface area contributed by atoms with Crippen LogP contribution in [0.4, 0.5) is 0 Å². The van der Waals surface area contributed by atoms with Gasteiger partial charge in [-0.25, -0.2) is 0 Å². The minimum Gasteiger partial charge on any atom is -0.0622 e. The molecule has 0 fully saturated rings. The Morgan fingerprint density at radius 3 is 0.974 bits per heavy atom. The van der Waals surface area contributed by atoms with E-state index in [-0.39, 0.29) is 0 Å². The zero-order valence-electron chi connectivity index (χ0n) is 24.8. The summed E-state index contributed by atoms with van der Waals surface area (Å²) in [5.74, 6) is 0. The Balaban J connectivity index is 1.57. The first-order chi connectivity index (χ1) is 18.7. The Bertz CT molecular complexity index is 1590. The summed E-state index contributed by atoms with van der Waals surface area (Å²) in [5, 5.41) is 0. The van der Waals surface area contributed by atoms with Crippen molar-refractivity contribution >= 4 is 0 Å². The van der Waals surface area contributed by atoms with E-state index in [9.17, 15) is 0 Å². The highest BCUT2D eigenvalue weighted by molar-refractivity contribution is 5.78. The van der Waals surface area contributed by atoms with Crippen LogP contribution < -0.4 is 0 Å². The van der Waals surface area contributed by atoms with Gasteiger partial charge >= 0.3 is 0 Å². The lowest BCUT2D eigenvalue weighted by Crippen LogP contribution is -2.08. The zero-order chi connectivity index (χ0) is 27.8. The number of rotatable bonds is 5. The fourth-order valence-electron chi connectivity index (χ4n) is 6.42. The summed E-state index contributed by atoms with van der Waals surface area (Å²) in [6.07, 6.45) is 0.973. The molecule has 0 saturated heterocycles. The molecule has 5 aromatic carbocycles. The van der Waals surface area contributed by atoms with Crippen LogP contribution >= 0.6 is 0 Å². The molecule has 5 aromatic rings. The second-order valence-corrected chi connectivity index (χ2v) is 11.2. The first-order valence-electron chi connectivity index (χ1n) is 14.1. The molecule has 0 aromatic heterocycles. The molecular weight excluding hydrogens is 468 g/mol. The van der Waals surface area contributed by atoms with Crippen molar-refractivity contribution in [3.8, 4) is 33.4 Å². The third kappa shape index (κ3) is 4.74. The molecule has 0 N–H and O–H groups in total. The zero-order valence-corrected chi connectivity index (χ0v) is 24.8. The summed E-state index contributed by atoms with van der Waals surface area (Å²) >= 11 is 0. The SMILES string of the molecule is Cc1c(C)c(-c2ccccc2)c(C)c(C)c1Cc1c(C)c(C)c(-c2ccc(-c3ccccc3)cc2)c(C)c1C. The lowest BCUT2D eigenvalue weighted by Gasteiger charge is -2.25. The molecule has 0 amide bonds. The average molecular weight is 509 g/mol. The van der Waals surface area contributed by atoms with Crippen molar-refractivity contribution < 1.29 is 0 Å². The maximum atomic E-state index is 2.32. The Labute approximate surface area is 235 Å². The molecule has 0 nitrogen and oxygen atoms in total. The van der Waals surface area contributed by atoms with Gasteiger partial charge in [-0.05, 0) is 151 Å². The van der Waals surface area contributed by atoms with Crippen LogP contribution in [-0.2, 0) is 6.42 Å². The lowest BCUT2D eigenvalue weighted by molar-refractivity contribution is 1.04. The van der Waals surface area contributed by atoms with Crippen LogP contribution in [0.25, 0.3) is 33.4 Å². The lowest BCUT2D eigenvalue weighted by atomic mass is 9.80. The van der Waals surface area contributed by atoms with Crippen LogP contribution in [0.1, 0.15) is 55.6 Å². The van der Waals surface area contributed by atoms with Crippen molar-refractivity contribution in [3.63, 3.8) is 0 Å². The topological polar surface area (TPSA) is 0 Å². The summed E-state index contributed by atoms with van der Waals surface area (Å²) in [4.78, 5) is 0. The molecule has 0 radical (unpaired) electrons. The van der Waals surface area contributed by atoms with Gasteiger partial charge in [0, 0.05) is 0 Å². The molecule has 0 saturated carbocycles. The van der Waals surface area contributed by atoms with Gasteiger partial charge in [-0.3, -0.25) is 0 Å². The molecule has 0 heteroatoms. The summed E-state index contributed by atoms with van der Waals surface area (Å²) in [6.45, 7) is 18.5. The van der Waals surface area contributed by atoms with Crippen LogP contribution in [0.15, 0.2) is 84.9 Å². The van der Waals surface area contributed by atoms with Crippen LogP contribution in [0.3, 0.4) is 0 Å². The fourth-order valence-corrected chi connectivity index (χ4v) is 6.42. The van der Waals surface area contributed by atoms with E-state index in [4.69, 9.17) is 0 Å². The molecular formula is C39H40. The van der Waals surface area contributed by atoms with E-state index in [1.54, 1.807) is 0 Å². The minimum absolute atomic E-state index is 0.973. The molecule has 0 aliphatic heterocycles. The van der Waals surface area contributed by atoms with E-state index < -0.39 is 0 Å². The van der Waals surface area contributed by atoms with E-state index >= 15 is 0 Å². The molecule has 39 heavy (non-hydrogen) atoms. The van der Waals surface area contributed by atoms with Gasteiger partial charge in [-0.2, -0.15) is 0 Å². The minimum atomic E-state index is 0.973. The van der Waals surface area contributed by atoms with Crippen molar-refractivity contribution in [3.05, 3.63) is 141 Å².